The minimum atomic E-state index is -0.0191. The molecule has 0 radical (unpaired) electrons. The number of carbonyl (C=O) groups excluding carboxylic acids is 1. The number of methoxy groups -OCH3 is 1. The number of nitrogens with zero attached hydrogens (tertiary/aromatic N) is 1. The number of rotatable bonds is 3. The van der Waals surface area contributed by atoms with Gasteiger partial charge in [0.05, 0.1) is 7.11 Å². The number of aromatic nitrogens is 1. The van der Waals surface area contributed by atoms with Gasteiger partial charge in [-0.15, -0.1) is 0 Å². The van der Waals surface area contributed by atoms with E-state index in [9.17, 15) is 4.79 Å². The molecule has 0 bridgehead atoms. The smallest absolute Gasteiger partial charge is 0.193 e. The fourth-order valence-corrected chi connectivity index (χ4v) is 1.62. The summed E-state index contributed by atoms with van der Waals surface area (Å²) in [4.78, 5) is 16.3. The van der Waals surface area contributed by atoms with Crippen molar-refractivity contribution in [2.24, 2.45) is 0 Å². The van der Waals surface area contributed by atoms with Crippen molar-refractivity contribution in [3.63, 3.8) is 0 Å². The molecule has 86 valence electrons. The summed E-state index contributed by atoms with van der Waals surface area (Å²) in [5.74, 6) is 0.663. The van der Waals surface area contributed by atoms with Gasteiger partial charge >= 0.3 is 0 Å². The molecule has 0 spiro atoms. The Morgan fingerprint density at radius 2 is 1.94 bits per heavy atom. The molecular weight excluding hydrogens is 214 g/mol. The zero-order chi connectivity index (χ0) is 12.3. The van der Waals surface area contributed by atoms with Gasteiger partial charge in [-0.25, -0.2) is 0 Å². The van der Waals surface area contributed by atoms with Crippen LogP contribution in [0.1, 0.15) is 21.6 Å². The molecule has 0 fully saturated rings. The Morgan fingerprint density at radius 1 is 1.18 bits per heavy atom. The SMILES string of the molecule is COc1cccc(C(=O)c2ccnc(C)c2)c1. The Balaban J connectivity index is 2.36. The third-order valence-electron chi connectivity index (χ3n) is 2.49. The third-order valence-corrected chi connectivity index (χ3v) is 2.49. The maximum Gasteiger partial charge on any atom is 0.193 e. The van der Waals surface area contributed by atoms with Gasteiger partial charge in [-0.3, -0.25) is 9.78 Å². The molecule has 3 nitrogen and oxygen atoms in total. The Kier molecular flexibility index (Phi) is 3.19. The summed E-state index contributed by atoms with van der Waals surface area (Å²) in [6.45, 7) is 1.86. The zero-order valence-corrected chi connectivity index (χ0v) is 9.81. The predicted octanol–water partition coefficient (Wildman–Crippen LogP) is 2.63. The first-order chi connectivity index (χ1) is 8.20. The molecule has 0 aliphatic rings. The highest BCUT2D eigenvalue weighted by Crippen LogP contribution is 2.16. The highest BCUT2D eigenvalue weighted by atomic mass is 16.5. The number of hydrogen-bond acceptors (Lipinski definition) is 3. The van der Waals surface area contributed by atoms with E-state index in [1.54, 1.807) is 43.6 Å². The number of carbonyl (C=O) groups is 1. The number of benzene rings is 1. The first-order valence-corrected chi connectivity index (χ1v) is 5.32. The van der Waals surface area contributed by atoms with Crippen molar-refractivity contribution in [1.29, 1.82) is 0 Å². The topological polar surface area (TPSA) is 39.2 Å². The fourth-order valence-electron chi connectivity index (χ4n) is 1.62. The van der Waals surface area contributed by atoms with Crippen molar-refractivity contribution >= 4 is 5.78 Å². The molecule has 17 heavy (non-hydrogen) atoms. The van der Waals surface area contributed by atoms with E-state index in [1.807, 2.05) is 13.0 Å². The first kappa shape index (κ1) is 11.3. The maximum atomic E-state index is 12.2. The number of ketones is 1. The summed E-state index contributed by atoms with van der Waals surface area (Å²) in [6.07, 6.45) is 1.64. The number of ether oxygens (including phenoxy) is 1. The van der Waals surface area contributed by atoms with Crippen molar-refractivity contribution in [1.82, 2.24) is 4.98 Å². The van der Waals surface area contributed by atoms with Gasteiger partial charge in [-0.2, -0.15) is 0 Å². The molecule has 3 heteroatoms. The molecule has 2 aromatic rings. The van der Waals surface area contributed by atoms with Crippen molar-refractivity contribution in [3.8, 4) is 5.75 Å². The summed E-state index contributed by atoms with van der Waals surface area (Å²) in [5, 5.41) is 0. The molecule has 0 aliphatic heterocycles. The van der Waals surface area contributed by atoms with Crippen LogP contribution >= 0.6 is 0 Å². The molecule has 1 aromatic carbocycles. The number of pyridine rings is 1. The lowest BCUT2D eigenvalue weighted by molar-refractivity contribution is 0.103. The summed E-state index contributed by atoms with van der Waals surface area (Å²) >= 11 is 0. The predicted molar refractivity (Wildman–Crippen MR) is 65.4 cm³/mol. The first-order valence-electron chi connectivity index (χ1n) is 5.32. The van der Waals surface area contributed by atoms with Crippen LogP contribution in [0.25, 0.3) is 0 Å². The lowest BCUT2D eigenvalue weighted by Gasteiger charge is -2.04. The van der Waals surface area contributed by atoms with Crippen LogP contribution in [0.15, 0.2) is 42.6 Å². The van der Waals surface area contributed by atoms with Crippen LogP contribution in [-0.2, 0) is 0 Å². The second kappa shape index (κ2) is 4.78. The lowest BCUT2D eigenvalue weighted by atomic mass is 10.0. The largest absolute Gasteiger partial charge is 0.497 e. The third kappa shape index (κ3) is 2.50. The van der Waals surface area contributed by atoms with E-state index >= 15 is 0 Å². The Labute approximate surface area is 100 Å². The number of hydrogen-bond donors (Lipinski definition) is 0. The average Bonchev–Trinajstić information content (AvgIpc) is 2.38. The Morgan fingerprint density at radius 3 is 2.65 bits per heavy atom. The fraction of sp³-hybridized carbons (Fsp3) is 0.143. The summed E-state index contributed by atoms with van der Waals surface area (Å²) < 4.78 is 5.10. The maximum absolute atomic E-state index is 12.2. The van der Waals surface area contributed by atoms with Crippen molar-refractivity contribution < 1.29 is 9.53 Å². The highest BCUT2D eigenvalue weighted by molar-refractivity contribution is 6.09. The van der Waals surface area contributed by atoms with Crippen LogP contribution in [-0.4, -0.2) is 17.9 Å². The standard InChI is InChI=1S/C14H13NO2/c1-10-8-12(6-7-15-10)14(16)11-4-3-5-13(9-11)17-2/h3-9H,1-2H3. The molecule has 0 saturated heterocycles. The van der Waals surface area contributed by atoms with Gasteiger partial charge < -0.3 is 4.74 Å². The van der Waals surface area contributed by atoms with Gasteiger partial charge in [0.1, 0.15) is 5.75 Å². The van der Waals surface area contributed by atoms with E-state index < -0.39 is 0 Å². The number of aryl methyl sites for hydroxylation is 1. The molecule has 1 aromatic heterocycles. The summed E-state index contributed by atoms with van der Waals surface area (Å²) in [5.41, 5.74) is 2.10. The Hall–Kier alpha value is -2.16. The second-order valence-corrected chi connectivity index (χ2v) is 3.75. The molecule has 0 amide bonds. The van der Waals surface area contributed by atoms with Crippen LogP contribution in [0, 0.1) is 6.92 Å². The molecule has 2 rings (SSSR count). The zero-order valence-electron chi connectivity index (χ0n) is 9.81. The highest BCUT2D eigenvalue weighted by Gasteiger charge is 2.09. The van der Waals surface area contributed by atoms with Crippen LogP contribution in [0.3, 0.4) is 0 Å². The van der Waals surface area contributed by atoms with E-state index in [2.05, 4.69) is 4.98 Å². The van der Waals surface area contributed by atoms with E-state index in [4.69, 9.17) is 4.74 Å². The van der Waals surface area contributed by atoms with Crippen LogP contribution in [0.2, 0.25) is 0 Å². The molecule has 0 saturated carbocycles. The Bertz CT molecular complexity index is 549. The molecular formula is C14H13NO2. The van der Waals surface area contributed by atoms with Gasteiger partial charge in [-0.1, -0.05) is 12.1 Å². The summed E-state index contributed by atoms with van der Waals surface area (Å²) in [6, 6.07) is 10.6. The molecule has 0 unspecified atom stereocenters. The van der Waals surface area contributed by atoms with Gasteiger partial charge in [0.15, 0.2) is 5.78 Å². The minimum absolute atomic E-state index is 0.0191. The monoisotopic (exact) mass is 227 g/mol. The molecule has 0 N–H and O–H groups in total. The average molecular weight is 227 g/mol. The van der Waals surface area contributed by atoms with E-state index in [0.717, 1.165) is 5.69 Å². The van der Waals surface area contributed by atoms with Crippen LogP contribution < -0.4 is 4.74 Å². The normalized spacial score (nSPS) is 10.0. The molecule has 0 atom stereocenters. The van der Waals surface area contributed by atoms with Crippen molar-refractivity contribution in [2.75, 3.05) is 7.11 Å². The van der Waals surface area contributed by atoms with E-state index in [1.165, 1.54) is 0 Å². The summed E-state index contributed by atoms with van der Waals surface area (Å²) in [7, 11) is 1.58. The minimum Gasteiger partial charge on any atom is -0.497 e. The second-order valence-electron chi connectivity index (χ2n) is 3.75. The lowest BCUT2D eigenvalue weighted by Crippen LogP contribution is -2.02. The quantitative estimate of drug-likeness (QED) is 0.757. The van der Waals surface area contributed by atoms with Gasteiger partial charge in [0.2, 0.25) is 0 Å². The van der Waals surface area contributed by atoms with Crippen LogP contribution in [0.5, 0.6) is 5.75 Å². The molecule has 1 heterocycles. The van der Waals surface area contributed by atoms with Gasteiger partial charge in [0.25, 0.3) is 0 Å². The van der Waals surface area contributed by atoms with Crippen molar-refractivity contribution in [3.05, 3.63) is 59.4 Å². The van der Waals surface area contributed by atoms with E-state index in [-0.39, 0.29) is 5.78 Å². The molecule has 0 aliphatic carbocycles. The van der Waals surface area contributed by atoms with Gasteiger partial charge in [-0.05, 0) is 31.2 Å². The van der Waals surface area contributed by atoms with Gasteiger partial charge in [0, 0.05) is 23.0 Å². The van der Waals surface area contributed by atoms with Crippen molar-refractivity contribution in [2.45, 2.75) is 6.92 Å². The van der Waals surface area contributed by atoms with Crippen LogP contribution in [0.4, 0.5) is 0 Å². The van der Waals surface area contributed by atoms with E-state index in [0.29, 0.717) is 16.9 Å².